The van der Waals surface area contributed by atoms with E-state index in [0.29, 0.717) is 0 Å². The fourth-order valence-electron chi connectivity index (χ4n) is 1.41. The SMILES string of the molecule is COCCN(CCC#N)S(=O)(=O)c1cnccc1Cl. The molecule has 0 amide bonds. The van der Waals surface area contributed by atoms with Crippen LogP contribution in [0.5, 0.6) is 0 Å². The Hall–Kier alpha value is -1.20. The van der Waals surface area contributed by atoms with Gasteiger partial charge in [0.25, 0.3) is 0 Å². The highest BCUT2D eigenvalue weighted by molar-refractivity contribution is 7.89. The summed E-state index contributed by atoms with van der Waals surface area (Å²) in [5.74, 6) is 0. The molecule has 0 aliphatic heterocycles. The predicted octanol–water partition coefficient (Wildman–Crippen LogP) is 1.29. The second kappa shape index (κ2) is 7.40. The van der Waals surface area contributed by atoms with Crippen molar-refractivity contribution in [2.24, 2.45) is 0 Å². The van der Waals surface area contributed by atoms with Gasteiger partial charge in [0, 0.05) is 39.0 Å². The van der Waals surface area contributed by atoms with Crippen LogP contribution in [0.1, 0.15) is 6.42 Å². The lowest BCUT2D eigenvalue weighted by Crippen LogP contribution is -2.35. The number of rotatable bonds is 7. The molecule has 0 spiro atoms. The van der Waals surface area contributed by atoms with Crippen LogP contribution in [-0.2, 0) is 14.8 Å². The smallest absolute Gasteiger partial charge is 0.246 e. The molecule has 104 valence electrons. The molecule has 0 aromatic carbocycles. The minimum Gasteiger partial charge on any atom is -0.383 e. The second-order valence-corrected chi connectivity index (χ2v) is 5.92. The van der Waals surface area contributed by atoms with Gasteiger partial charge in [0.2, 0.25) is 10.0 Å². The third-order valence-corrected chi connectivity index (χ3v) is 4.74. The van der Waals surface area contributed by atoms with Gasteiger partial charge in [-0.05, 0) is 6.07 Å². The van der Waals surface area contributed by atoms with Crippen molar-refractivity contribution in [2.75, 3.05) is 26.8 Å². The average molecular weight is 304 g/mol. The van der Waals surface area contributed by atoms with Crippen molar-refractivity contribution in [3.63, 3.8) is 0 Å². The lowest BCUT2D eigenvalue weighted by molar-refractivity contribution is 0.179. The van der Waals surface area contributed by atoms with Crippen LogP contribution < -0.4 is 0 Å². The van der Waals surface area contributed by atoms with E-state index in [0.717, 1.165) is 0 Å². The maximum Gasteiger partial charge on any atom is 0.246 e. The quantitative estimate of drug-likeness (QED) is 0.758. The van der Waals surface area contributed by atoms with Gasteiger partial charge in [-0.1, -0.05) is 11.6 Å². The monoisotopic (exact) mass is 303 g/mol. The minimum absolute atomic E-state index is 0.0642. The number of nitrogens with zero attached hydrogens (tertiary/aromatic N) is 3. The van der Waals surface area contributed by atoms with E-state index in [1.165, 1.54) is 29.9 Å². The van der Waals surface area contributed by atoms with Gasteiger partial charge in [-0.3, -0.25) is 4.98 Å². The number of sulfonamides is 1. The zero-order chi connectivity index (χ0) is 14.3. The molecule has 8 heteroatoms. The molecule has 0 N–H and O–H groups in total. The molecule has 1 heterocycles. The lowest BCUT2D eigenvalue weighted by Gasteiger charge is -2.21. The Morgan fingerprint density at radius 1 is 1.53 bits per heavy atom. The Morgan fingerprint density at radius 2 is 2.26 bits per heavy atom. The van der Waals surface area contributed by atoms with Gasteiger partial charge in [-0.2, -0.15) is 9.57 Å². The van der Waals surface area contributed by atoms with E-state index in [1.54, 1.807) is 0 Å². The number of aromatic nitrogens is 1. The largest absolute Gasteiger partial charge is 0.383 e. The van der Waals surface area contributed by atoms with Crippen molar-refractivity contribution in [3.05, 3.63) is 23.5 Å². The topological polar surface area (TPSA) is 83.3 Å². The fourth-order valence-corrected chi connectivity index (χ4v) is 3.24. The van der Waals surface area contributed by atoms with E-state index in [-0.39, 0.29) is 36.0 Å². The third-order valence-electron chi connectivity index (χ3n) is 2.37. The first kappa shape index (κ1) is 15.9. The molecular formula is C11H14ClN3O3S. The van der Waals surface area contributed by atoms with Gasteiger partial charge >= 0.3 is 0 Å². The first-order chi connectivity index (χ1) is 9.04. The van der Waals surface area contributed by atoms with Crippen molar-refractivity contribution in [1.29, 1.82) is 5.26 Å². The Balaban J connectivity index is 3.05. The zero-order valence-corrected chi connectivity index (χ0v) is 12.0. The molecule has 0 radical (unpaired) electrons. The van der Waals surface area contributed by atoms with Gasteiger partial charge in [0.05, 0.1) is 17.7 Å². The highest BCUT2D eigenvalue weighted by Crippen LogP contribution is 2.23. The van der Waals surface area contributed by atoms with Gasteiger partial charge in [-0.15, -0.1) is 0 Å². The maximum atomic E-state index is 12.4. The average Bonchev–Trinajstić information content (AvgIpc) is 2.39. The molecule has 0 fully saturated rings. The molecular weight excluding hydrogens is 290 g/mol. The summed E-state index contributed by atoms with van der Waals surface area (Å²) in [4.78, 5) is 3.70. The molecule has 19 heavy (non-hydrogen) atoms. The van der Waals surface area contributed by atoms with Crippen molar-refractivity contribution >= 4 is 21.6 Å². The van der Waals surface area contributed by atoms with Crippen molar-refractivity contribution in [3.8, 4) is 6.07 Å². The molecule has 0 saturated heterocycles. The minimum atomic E-state index is -3.77. The molecule has 0 saturated carbocycles. The first-order valence-electron chi connectivity index (χ1n) is 5.49. The highest BCUT2D eigenvalue weighted by atomic mass is 35.5. The Bertz CT molecular complexity index is 557. The van der Waals surface area contributed by atoms with Crippen molar-refractivity contribution in [1.82, 2.24) is 9.29 Å². The number of methoxy groups -OCH3 is 1. The summed E-state index contributed by atoms with van der Waals surface area (Å²) in [5, 5.41) is 8.70. The fraction of sp³-hybridized carbons (Fsp3) is 0.455. The summed E-state index contributed by atoms with van der Waals surface area (Å²) >= 11 is 5.88. The van der Waals surface area contributed by atoms with Crippen LogP contribution in [0.4, 0.5) is 0 Å². The number of ether oxygens (including phenoxy) is 1. The molecule has 0 atom stereocenters. The summed E-state index contributed by atoms with van der Waals surface area (Å²) in [7, 11) is -2.29. The molecule has 1 rings (SSSR count). The van der Waals surface area contributed by atoms with Crippen molar-refractivity contribution in [2.45, 2.75) is 11.3 Å². The van der Waals surface area contributed by atoms with E-state index < -0.39 is 10.0 Å². The molecule has 1 aromatic rings. The van der Waals surface area contributed by atoms with Gasteiger partial charge in [0.15, 0.2) is 0 Å². The summed E-state index contributed by atoms with van der Waals surface area (Å²) in [6, 6.07) is 3.33. The maximum absolute atomic E-state index is 12.4. The molecule has 0 aliphatic carbocycles. The summed E-state index contributed by atoms with van der Waals surface area (Å²) in [5.41, 5.74) is 0. The molecule has 0 unspecified atom stereocenters. The Labute approximate surface area is 117 Å². The number of nitriles is 1. The Kier molecular flexibility index (Phi) is 6.18. The second-order valence-electron chi connectivity index (χ2n) is 3.61. The lowest BCUT2D eigenvalue weighted by atomic mass is 10.4. The number of halogens is 1. The van der Waals surface area contributed by atoms with Crippen LogP contribution in [0, 0.1) is 11.3 Å². The predicted molar refractivity (Wildman–Crippen MR) is 70.1 cm³/mol. The summed E-state index contributed by atoms with van der Waals surface area (Å²) < 4.78 is 30.8. The highest BCUT2D eigenvalue weighted by Gasteiger charge is 2.26. The number of hydrogen-bond donors (Lipinski definition) is 0. The zero-order valence-electron chi connectivity index (χ0n) is 10.4. The van der Waals surface area contributed by atoms with E-state index in [2.05, 4.69) is 4.98 Å². The summed E-state index contributed by atoms with van der Waals surface area (Å²) in [6.45, 7) is 0.488. The first-order valence-corrected chi connectivity index (χ1v) is 7.31. The van der Waals surface area contributed by atoms with Crippen LogP contribution in [-0.4, -0.2) is 44.5 Å². The van der Waals surface area contributed by atoms with E-state index in [4.69, 9.17) is 21.6 Å². The normalized spacial score (nSPS) is 11.5. The molecule has 6 nitrogen and oxygen atoms in total. The van der Waals surface area contributed by atoms with Crippen LogP contribution in [0.25, 0.3) is 0 Å². The Morgan fingerprint density at radius 3 is 2.84 bits per heavy atom. The van der Waals surface area contributed by atoms with Gasteiger partial charge < -0.3 is 4.74 Å². The van der Waals surface area contributed by atoms with E-state index >= 15 is 0 Å². The van der Waals surface area contributed by atoms with Gasteiger partial charge in [-0.25, -0.2) is 8.42 Å². The van der Waals surface area contributed by atoms with Crippen LogP contribution in [0.15, 0.2) is 23.4 Å². The standard InChI is InChI=1S/C11H14ClN3O3S/c1-18-8-7-15(6-2-4-13)19(16,17)11-9-14-5-3-10(11)12/h3,5,9H,2,6-8H2,1H3. The van der Waals surface area contributed by atoms with Crippen LogP contribution in [0.2, 0.25) is 5.02 Å². The van der Waals surface area contributed by atoms with E-state index in [1.807, 2.05) is 6.07 Å². The van der Waals surface area contributed by atoms with Crippen LogP contribution >= 0.6 is 11.6 Å². The number of hydrogen-bond acceptors (Lipinski definition) is 5. The van der Waals surface area contributed by atoms with E-state index in [9.17, 15) is 8.42 Å². The number of pyridine rings is 1. The third kappa shape index (κ3) is 4.14. The molecule has 0 bridgehead atoms. The van der Waals surface area contributed by atoms with Gasteiger partial charge in [0.1, 0.15) is 4.90 Å². The van der Waals surface area contributed by atoms with Crippen LogP contribution in [0.3, 0.4) is 0 Å². The molecule has 0 aliphatic rings. The molecule has 1 aromatic heterocycles. The summed E-state index contributed by atoms with van der Waals surface area (Å²) in [6.07, 6.45) is 2.71. The van der Waals surface area contributed by atoms with Crippen molar-refractivity contribution < 1.29 is 13.2 Å².